The van der Waals surface area contributed by atoms with Gasteiger partial charge in [0.2, 0.25) is 11.8 Å². The van der Waals surface area contributed by atoms with Crippen LogP contribution in [0, 0.1) is 0 Å². The Morgan fingerprint density at radius 2 is 1.79 bits per heavy atom. The zero-order chi connectivity index (χ0) is 20.2. The fraction of sp³-hybridized carbons (Fsp3) is 0.0909. The molecule has 1 N–H and O–H groups in total. The van der Waals surface area contributed by atoms with E-state index >= 15 is 0 Å². The van der Waals surface area contributed by atoms with E-state index in [0.717, 1.165) is 27.9 Å². The summed E-state index contributed by atoms with van der Waals surface area (Å²) in [7, 11) is 0. The second kappa shape index (κ2) is 8.91. The van der Waals surface area contributed by atoms with Gasteiger partial charge in [-0.15, -0.1) is 11.8 Å². The van der Waals surface area contributed by atoms with Gasteiger partial charge in [-0.25, -0.2) is 4.98 Å². The molecule has 4 rings (SSSR count). The summed E-state index contributed by atoms with van der Waals surface area (Å²) in [5.74, 6) is 1.51. The van der Waals surface area contributed by atoms with Crippen LogP contribution in [0.25, 0.3) is 22.6 Å². The molecule has 3 aromatic carbocycles. The van der Waals surface area contributed by atoms with Crippen LogP contribution >= 0.6 is 35.0 Å². The number of rotatable bonds is 6. The molecule has 0 saturated heterocycles. The molecule has 0 spiro atoms. The number of fused-ring (bicyclic) bond motifs is 1. The van der Waals surface area contributed by atoms with E-state index in [1.54, 1.807) is 6.07 Å². The average Bonchev–Trinajstić information content (AvgIpc) is 3.15. The Kier molecular flexibility index (Phi) is 6.09. The number of halogens is 2. The number of amides is 1. The summed E-state index contributed by atoms with van der Waals surface area (Å²) in [6.07, 6.45) is 0. The minimum Gasteiger partial charge on any atom is -0.436 e. The van der Waals surface area contributed by atoms with Crippen LogP contribution in [0.4, 0.5) is 5.69 Å². The fourth-order valence-electron chi connectivity index (χ4n) is 2.78. The van der Waals surface area contributed by atoms with E-state index in [1.165, 1.54) is 11.8 Å². The van der Waals surface area contributed by atoms with Gasteiger partial charge in [0.15, 0.2) is 5.58 Å². The molecule has 1 heterocycles. The van der Waals surface area contributed by atoms with Crippen molar-refractivity contribution in [2.45, 2.75) is 5.75 Å². The molecule has 0 unspecified atom stereocenters. The highest BCUT2D eigenvalue weighted by atomic mass is 35.5. The van der Waals surface area contributed by atoms with Gasteiger partial charge >= 0.3 is 0 Å². The van der Waals surface area contributed by atoms with Crippen LogP contribution in [0.1, 0.15) is 5.56 Å². The molecular formula is C22H16Cl2N2O2S. The molecule has 0 aliphatic carbocycles. The van der Waals surface area contributed by atoms with Gasteiger partial charge < -0.3 is 9.73 Å². The quantitative estimate of drug-likeness (QED) is 0.362. The van der Waals surface area contributed by atoms with Gasteiger partial charge in [0.05, 0.1) is 15.8 Å². The molecule has 0 aliphatic heterocycles. The van der Waals surface area contributed by atoms with E-state index in [9.17, 15) is 4.79 Å². The molecule has 146 valence electrons. The number of hydrogen-bond acceptors (Lipinski definition) is 4. The predicted octanol–water partition coefficient (Wildman–Crippen LogP) is 6.67. The van der Waals surface area contributed by atoms with Crippen molar-refractivity contribution in [1.29, 1.82) is 0 Å². The van der Waals surface area contributed by atoms with Crippen LogP contribution in [0.15, 0.2) is 71.1 Å². The lowest BCUT2D eigenvalue weighted by molar-refractivity contribution is -0.113. The van der Waals surface area contributed by atoms with Gasteiger partial charge in [0, 0.05) is 17.0 Å². The molecule has 0 fully saturated rings. The SMILES string of the molecule is O=C(CSCc1ccc(Cl)c(Cl)c1)Nc1ccc(-c2nc3ccccc3o2)cc1. The fourth-order valence-corrected chi connectivity index (χ4v) is 3.88. The smallest absolute Gasteiger partial charge is 0.234 e. The molecule has 0 bridgehead atoms. The minimum absolute atomic E-state index is 0.0651. The first kappa shape index (κ1) is 19.8. The summed E-state index contributed by atoms with van der Waals surface area (Å²) in [5.41, 5.74) is 4.18. The number of hydrogen-bond donors (Lipinski definition) is 1. The standard InChI is InChI=1S/C22H16Cl2N2O2S/c23-17-10-5-14(11-18(17)24)12-29-13-21(27)25-16-8-6-15(7-9-16)22-26-19-3-1-2-4-20(19)28-22/h1-11H,12-13H2,(H,25,27). The molecule has 7 heteroatoms. The third-order valence-electron chi connectivity index (χ3n) is 4.20. The molecular weight excluding hydrogens is 427 g/mol. The van der Waals surface area contributed by atoms with Crippen LogP contribution < -0.4 is 5.32 Å². The van der Waals surface area contributed by atoms with Crippen LogP contribution in [0.5, 0.6) is 0 Å². The van der Waals surface area contributed by atoms with E-state index in [-0.39, 0.29) is 5.91 Å². The van der Waals surface area contributed by atoms with Gasteiger partial charge in [-0.2, -0.15) is 0 Å². The van der Waals surface area contributed by atoms with Crippen molar-refractivity contribution < 1.29 is 9.21 Å². The van der Waals surface area contributed by atoms with Gasteiger partial charge in [-0.05, 0) is 54.1 Å². The maximum atomic E-state index is 12.2. The summed E-state index contributed by atoms with van der Waals surface area (Å²) >= 11 is 13.4. The molecule has 0 atom stereocenters. The Balaban J connectivity index is 1.32. The Morgan fingerprint density at radius 1 is 1.00 bits per heavy atom. The summed E-state index contributed by atoms with van der Waals surface area (Å²) in [4.78, 5) is 16.7. The molecule has 1 aromatic heterocycles. The zero-order valence-electron chi connectivity index (χ0n) is 15.2. The first-order valence-electron chi connectivity index (χ1n) is 8.86. The second-order valence-electron chi connectivity index (χ2n) is 6.35. The van der Waals surface area contributed by atoms with E-state index < -0.39 is 0 Å². The van der Waals surface area contributed by atoms with Crippen LogP contribution in [0.2, 0.25) is 10.0 Å². The van der Waals surface area contributed by atoms with Crippen molar-refractivity contribution in [2.75, 3.05) is 11.1 Å². The summed E-state index contributed by atoms with van der Waals surface area (Å²) in [5, 5.41) is 3.94. The molecule has 29 heavy (non-hydrogen) atoms. The third-order valence-corrected chi connectivity index (χ3v) is 5.94. The number of para-hydroxylation sites is 2. The third kappa shape index (κ3) is 4.93. The van der Waals surface area contributed by atoms with Crippen molar-refractivity contribution in [3.05, 3.63) is 82.3 Å². The Morgan fingerprint density at radius 3 is 2.55 bits per heavy atom. The lowest BCUT2D eigenvalue weighted by Crippen LogP contribution is -2.14. The minimum atomic E-state index is -0.0651. The number of carbonyl (C=O) groups excluding carboxylic acids is 1. The number of anilines is 1. The summed E-state index contributed by atoms with van der Waals surface area (Å²) < 4.78 is 5.77. The van der Waals surface area contributed by atoms with Crippen molar-refractivity contribution in [2.24, 2.45) is 0 Å². The number of nitrogens with zero attached hydrogens (tertiary/aromatic N) is 1. The number of oxazole rings is 1. The number of thioether (sulfide) groups is 1. The molecule has 1 amide bonds. The van der Waals surface area contributed by atoms with Crippen molar-refractivity contribution in [3.8, 4) is 11.5 Å². The number of carbonyl (C=O) groups is 1. The highest BCUT2D eigenvalue weighted by Gasteiger charge is 2.09. The highest BCUT2D eigenvalue weighted by molar-refractivity contribution is 7.99. The van der Waals surface area contributed by atoms with E-state index in [4.69, 9.17) is 27.6 Å². The first-order chi connectivity index (χ1) is 14.1. The Hall–Kier alpha value is -2.47. The zero-order valence-corrected chi connectivity index (χ0v) is 17.5. The topological polar surface area (TPSA) is 55.1 Å². The Bertz CT molecular complexity index is 1130. The molecule has 4 nitrogen and oxygen atoms in total. The number of benzene rings is 3. The number of nitrogens with one attached hydrogen (secondary N) is 1. The Labute approximate surface area is 182 Å². The lowest BCUT2D eigenvalue weighted by Gasteiger charge is -2.06. The van der Waals surface area contributed by atoms with Crippen LogP contribution in [-0.2, 0) is 10.5 Å². The van der Waals surface area contributed by atoms with E-state index in [2.05, 4.69) is 10.3 Å². The van der Waals surface area contributed by atoms with Gasteiger partial charge in [0.1, 0.15) is 5.52 Å². The molecule has 0 aliphatic rings. The van der Waals surface area contributed by atoms with Crippen molar-refractivity contribution in [3.63, 3.8) is 0 Å². The van der Waals surface area contributed by atoms with E-state index in [0.29, 0.717) is 27.4 Å². The van der Waals surface area contributed by atoms with Gasteiger partial charge in [0.25, 0.3) is 0 Å². The monoisotopic (exact) mass is 442 g/mol. The predicted molar refractivity (Wildman–Crippen MR) is 121 cm³/mol. The summed E-state index contributed by atoms with van der Waals surface area (Å²) in [6, 6.07) is 20.6. The van der Waals surface area contributed by atoms with Crippen LogP contribution in [-0.4, -0.2) is 16.6 Å². The largest absolute Gasteiger partial charge is 0.436 e. The maximum absolute atomic E-state index is 12.2. The maximum Gasteiger partial charge on any atom is 0.234 e. The van der Waals surface area contributed by atoms with Gasteiger partial charge in [-0.3, -0.25) is 4.79 Å². The molecule has 0 saturated carbocycles. The van der Waals surface area contributed by atoms with Gasteiger partial charge in [-0.1, -0.05) is 41.4 Å². The normalized spacial score (nSPS) is 11.0. The first-order valence-corrected chi connectivity index (χ1v) is 10.8. The highest BCUT2D eigenvalue weighted by Crippen LogP contribution is 2.26. The average molecular weight is 443 g/mol. The molecule has 0 radical (unpaired) electrons. The summed E-state index contributed by atoms with van der Waals surface area (Å²) in [6.45, 7) is 0. The van der Waals surface area contributed by atoms with E-state index in [1.807, 2.05) is 60.7 Å². The second-order valence-corrected chi connectivity index (χ2v) is 8.15. The van der Waals surface area contributed by atoms with Crippen molar-refractivity contribution in [1.82, 2.24) is 4.98 Å². The lowest BCUT2D eigenvalue weighted by atomic mass is 10.2. The van der Waals surface area contributed by atoms with Crippen LogP contribution in [0.3, 0.4) is 0 Å². The molecule has 4 aromatic rings. The van der Waals surface area contributed by atoms with Crippen molar-refractivity contribution >= 4 is 57.7 Å². The number of aromatic nitrogens is 1.